The van der Waals surface area contributed by atoms with Gasteiger partial charge in [0.1, 0.15) is 5.82 Å². The van der Waals surface area contributed by atoms with Gasteiger partial charge in [0.25, 0.3) is 0 Å². The zero-order chi connectivity index (χ0) is 14.6. The van der Waals surface area contributed by atoms with Gasteiger partial charge in [-0.25, -0.2) is 4.99 Å². The predicted molar refractivity (Wildman–Crippen MR) is 87.5 cm³/mol. The van der Waals surface area contributed by atoms with Crippen molar-refractivity contribution in [2.75, 3.05) is 13.1 Å². The summed E-state index contributed by atoms with van der Waals surface area (Å²) in [6.07, 6.45) is 8.91. The molecule has 2 rings (SSSR count). The van der Waals surface area contributed by atoms with Crippen molar-refractivity contribution < 1.29 is 0 Å². The molecule has 20 heavy (non-hydrogen) atoms. The largest absolute Gasteiger partial charge is 0.371 e. The van der Waals surface area contributed by atoms with Gasteiger partial charge in [-0.3, -0.25) is 0 Å². The second-order valence-electron chi connectivity index (χ2n) is 5.85. The zero-order valence-corrected chi connectivity index (χ0v) is 13.1. The van der Waals surface area contributed by atoms with Crippen LogP contribution in [0.3, 0.4) is 0 Å². The minimum atomic E-state index is 0.544. The summed E-state index contributed by atoms with van der Waals surface area (Å²) in [4.78, 5) is 10.0. The summed E-state index contributed by atoms with van der Waals surface area (Å²) in [5, 5.41) is 0. The van der Waals surface area contributed by atoms with Gasteiger partial charge in [-0.15, -0.1) is 0 Å². The minimum absolute atomic E-state index is 0.544. The van der Waals surface area contributed by atoms with Gasteiger partial charge < -0.3 is 9.88 Å². The van der Waals surface area contributed by atoms with Crippen molar-refractivity contribution in [3.8, 4) is 0 Å². The molecule has 0 atom stereocenters. The summed E-state index contributed by atoms with van der Waals surface area (Å²) in [6.45, 7) is 13.0. The van der Waals surface area contributed by atoms with E-state index in [4.69, 9.17) is 0 Å². The van der Waals surface area contributed by atoms with E-state index < -0.39 is 0 Å². The number of hydrogen-bond donors (Lipinski definition) is 1. The fourth-order valence-corrected chi connectivity index (χ4v) is 2.78. The SMILES string of the molecule is C=C(c1cc[nH]c1/N=C\C)N(CCC)CC1(CC)CC1. The van der Waals surface area contributed by atoms with Crippen molar-refractivity contribution in [1.82, 2.24) is 9.88 Å². The van der Waals surface area contributed by atoms with Crippen LogP contribution in [0.25, 0.3) is 5.70 Å². The Morgan fingerprint density at radius 1 is 1.50 bits per heavy atom. The Labute approximate surface area is 122 Å². The van der Waals surface area contributed by atoms with Crippen molar-refractivity contribution in [3.63, 3.8) is 0 Å². The maximum absolute atomic E-state index is 4.39. The van der Waals surface area contributed by atoms with Gasteiger partial charge in [0, 0.05) is 36.8 Å². The van der Waals surface area contributed by atoms with E-state index in [0.717, 1.165) is 36.6 Å². The summed E-state index contributed by atoms with van der Waals surface area (Å²) < 4.78 is 0. The van der Waals surface area contributed by atoms with Gasteiger partial charge in [-0.2, -0.15) is 0 Å². The Balaban J connectivity index is 2.15. The highest BCUT2D eigenvalue weighted by molar-refractivity contribution is 5.73. The molecule has 1 saturated carbocycles. The molecule has 0 spiro atoms. The van der Waals surface area contributed by atoms with Crippen LogP contribution in [0.15, 0.2) is 23.8 Å². The van der Waals surface area contributed by atoms with Gasteiger partial charge in [0.2, 0.25) is 0 Å². The van der Waals surface area contributed by atoms with Crippen LogP contribution < -0.4 is 0 Å². The first-order chi connectivity index (χ1) is 9.65. The molecule has 1 aliphatic carbocycles. The number of aromatic amines is 1. The topological polar surface area (TPSA) is 31.4 Å². The zero-order valence-electron chi connectivity index (χ0n) is 13.1. The third-order valence-corrected chi connectivity index (χ3v) is 4.40. The molecule has 0 unspecified atom stereocenters. The van der Waals surface area contributed by atoms with Crippen LogP contribution >= 0.6 is 0 Å². The van der Waals surface area contributed by atoms with E-state index >= 15 is 0 Å². The first kappa shape index (κ1) is 14.9. The summed E-state index contributed by atoms with van der Waals surface area (Å²) in [7, 11) is 0. The summed E-state index contributed by atoms with van der Waals surface area (Å²) >= 11 is 0. The molecular formula is C17H27N3. The molecule has 3 heteroatoms. The normalized spacial score (nSPS) is 16.6. The van der Waals surface area contributed by atoms with Crippen LogP contribution in [0.2, 0.25) is 0 Å². The van der Waals surface area contributed by atoms with E-state index in [1.54, 1.807) is 0 Å². The Bertz CT molecular complexity index is 480. The van der Waals surface area contributed by atoms with Crippen LogP contribution in [0, 0.1) is 5.41 Å². The number of aliphatic imine (C=N–C) groups is 1. The van der Waals surface area contributed by atoms with E-state index in [2.05, 4.69) is 41.4 Å². The number of nitrogens with one attached hydrogen (secondary N) is 1. The van der Waals surface area contributed by atoms with Crippen LogP contribution in [-0.4, -0.2) is 29.2 Å². The average molecular weight is 273 g/mol. The molecule has 0 saturated heterocycles. The molecule has 1 heterocycles. The molecule has 0 bridgehead atoms. The van der Waals surface area contributed by atoms with E-state index in [0.29, 0.717) is 5.41 Å². The van der Waals surface area contributed by atoms with E-state index in [-0.39, 0.29) is 0 Å². The van der Waals surface area contributed by atoms with Crippen molar-refractivity contribution in [3.05, 3.63) is 24.4 Å². The van der Waals surface area contributed by atoms with Gasteiger partial charge in [0.05, 0.1) is 0 Å². The minimum Gasteiger partial charge on any atom is -0.371 e. The average Bonchev–Trinajstić information content (AvgIpc) is 3.08. The van der Waals surface area contributed by atoms with Crippen molar-refractivity contribution in [2.24, 2.45) is 10.4 Å². The van der Waals surface area contributed by atoms with Crippen LogP contribution in [0.4, 0.5) is 5.82 Å². The Morgan fingerprint density at radius 2 is 2.25 bits per heavy atom. The molecule has 1 N–H and O–H groups in total. The van der Waals surface area contributed by atoms with E-state index in [9.17, 15) is 0 Å². The number of hydrogen-bond acceptors (Lipinski definition) is 2. The third kappa shape index (κ3) is 3.14. The molecule has 0 aliphatic heterocycles. The van der Waals surface area contributed by atoms with Crippen LogP contribution in [0.1, 0.15) is 52.0 Å². The molecule has 1 aromatic heterocycles. The highest BCUT2D eigenvalue weighted by atomic mass is 15.2. The van der Waals surface area contributed by atoms with Crippen molar-refractivity contribution in [2.45, 2.75) is 46.5 Å². The molecule has 1 fully saturated rings. The summed E-state index contributed by atoms with van der Waals surface area (Å²) in [5.74, 6) is 0.917. The Kier molecular flexibility index (Phi) is 4.69. The highest BCUT2D eigenvalue weighted by Crippen LogP contribution is 2.50. The third-order valence-electron chi connectivity index (χ3n) is 4.40. The predicted octanol–water partition coefficient (Wildman–Crippen LogP) is 4.61. The number of rotatable bonds is 8. The van der Waals surface area contributed by atoms with Gasteiger partial charge >= 0.3 is 0 Å². The maximum Gasteiger partial charge on any atom is 0.138 e. The molecular weight excluding hydrogens is 246 g/mol. The fourth-order valence-electron chi connectivity index (χ4n) is 2.78. The van der Waals surface area contributed by atoms with Crippen molar-refractivity contribution in [1.29, 1.82) is 0 Å². The fraction of sp³-hybridized carbons (Fsp3) is 0.588. The maximum atomic E-state index is 4.39. The Morgan fingerprint density at radius 3 is 2.80 bits per heavy atom. The van der Waals surface area contributed by atoms with E-state index in [1.165, 1.54) is 19.3 Å². The van der Waals surface area contributed by atoms with Crippen molar-refractivity contribution >= 4 is 17.7 Å². The lowest BCUT2D eigenvalue weighted by Gasteiger charge is -2.30. The molecule has 0 aromatic carbocycles. The van der Waals surface area contributed by atoms with Crippen LogP contribution in [-0.2, 0) is 0 Å². The molecule has 1 aromatic rings. The number of aromatic nitrogens is 1. The molecule has 0 amide bonds. The quantitative estimate of drug-likeness (QED) is 0.689. The Hall–Kier alpha value is -1.51. The number of nitrogens with zero attached hydrogens (tertiary/aromatic N) is 2. The lowest BCUT2D eigenvalue weighted by atomic mass is 10.0. The van der Waals surface area contributed by atoms with Crippen LogP contribution in [0.5, 0.6) is 0 Å². The number of H-pyrrole nitrogens is 1. The standard InChI is InChI=1S/C17H27N3/c1-5-12-20(13-17(6-2)9-10-17)14(4)15-8-11-19-16(15)18-7-3/h7-8,11,19H,4-6,9-10,12-13H2,1-3H3/b18-7-. The lowest BCUT2D eigenvalue weighted by Crippen LogP contribution is -2.29. The summed E-state index contributed by atoms with van der Waals surface area (Å²) in [6, 6.07) is 2.08. The lowest BCUT2D eigenvalue weighted by molar-refractivity contribution is 0.301. The molecule has 0 radical (unpaired) electrons. The molecule has 110 valence electrons. The second kappa shape index (κ2) is 6.29. The summed E-state index contributed by atoms with van der Waals surface area (Å²) in [5.41, 5.74) is 2.78. The van der Waals surface area contributed by atoms with Gasteiger partial charge in [-0.05, 0) is 44.1 Å². The highest BCUT2D eigenvalue weighted by Gasteiger charge is 2.42. The first-order valence-corrected chi connectivity index (χ1v) is 7.76. The first-order valence-electron chi connectivity index (χ1n) is 7.76. The van der Waals surface area contributed by atoms with E-state index in [1.807, 2.05) is 19.3 Å². The molecule has 3 nitrogen and oxygen atoms in total. The smallest absolute Gasteiger partial charge is 0.138 e. The second-order valence-corrected chi connectivity index (χ2v) is 5.85. The monoisotopic (exact) mass is 273 g/mol. The molecule has 1 aliphatic rings. The van der Waals surface area contributed by atoms with Gasteiger partial charge in [0.15, 0.2) is 0 Å². The van der Waals surface area contributed by atoms with Gasteiger partial charge in [-0.1, -0.05) is 20.4 Å².